The fraction of sp³-hybridized carbons (Fsp3) is 0.214. The summed E-state index contributed by atoms with van der Waals surface area (Å²) in [4.78, 5) is 3.99. The molecule has 0 amide bonds. The summed E-state index contributed by atoms with van der Waals surface area (Å²) in [6.45, 7) is 1.78. The van der Waals surface area contributed by atoms with Crippen molar-refractivity contribution in [2.45, 2.75) is 18.9 Å². The summed E-state index contributed by atoms with van der Waals surface area (Å²) in [6, 6.07) is 7.48. The van der Waals surface area contributed by atoms with Crippen LogP contribution in [0, 0.1) is 11.6 Å². The molecule has 19 heavy (non-hydrogen) atoms. The monoisotopic (exact) mass is 326 g/mol. The van der Waals surface area contributed by atoms with Gasteiger partial charge in [0.25, 0.3) is 0 Å². The molecule has 2 aromatic rings. The molecular weight excluding hydrogens is 314 g/mol. The van der Waals surface area contributed by atoms with Crippen LogP contribution >= 0.6 is 15.9 Å². The lowest BCUT2D eigenvalue weighted by molar-refractivity contribution is 0.471. The number of benzene rings is 1. The number of aromatic nitrogens is 1. The van der Waals surface area contributed by atoms with E-state index >= 15 is 0 Å². The van der Waals surface area contributed by atoms with Crippen molar-refractivity contribution < 1.29 is 8.78 Å². The van der Waals surface area contributed by atoms with Crippen LogP contribution < -0.4 is 5.73 Å². The van der Waals surface area contributed by atoms with Gasteiger partial charge in [0, 0.05) is 4.47 Å². The lowest BCUT2D eigenvalue weighted by atomic mass is 9.90. The molecule has 0 spiro atoms. The molecule has 1 atom stereocenters. The molecule has 5 heteroatoms. The van der Waals surface area contributed by atoms with Crippen molar-refractivity contribution in [3.8, 4) is 0 Å². The second kappa shape index (κ2) is 5.35. The van der Waals surface area contributed by atoms with E-state index in [1.54, 1.807) is 19.1 Å². The summed E-state index contributed by atoms with van der Waals surface area (Å²) in [5, 5.41) is 0. The first kappa shape index (κ1) is 14.1. The topological polar surface area (TPSA) is 38.9 Å². The molecule has 0 aliphatic carbocycles. The van der Waals surface area contributed by atoms with E-state index in [2.05, 4.69) is 20.9 Å². The van der Waals surface area contributed by atoms with Crippen molar-refractivity contribution >= 4 is 15.9 Å². The van der Waals surface area contributed by atoms with Gasteiger partial charge in [0.2, 0.25) is 0 Å². The highest BCUT2D eigenvalue weighted by molar-refractivity contribution is 9.10. The first-order valence-corrected chi connectivity index (χ1v) is 6.52. The Kier molecular flexibility index (Phi) is 3.96. The van der Waals surface area contributed by atoms with E-state index in [1.807, 2.05) is 0 Å². The van der Waals surface area contributed by atoms with Crippen molar-refractivity contribution in [1.82, 2.24) is 4.98 Å². The minimum atomic E-state index is -0.791. The zero-order valence-electron chi connectivity index (χ0n) is 10.3. The minimum absolute atomic E-state index is 0.327. The summed E-state index contributed by atoms with van der Waals surface area (Å²) in [7, 11) is 0. The standard InChI is InChI=1S/C14H13BrF2N2/c1-14(18,13-3-2-11(16)8-19-13)7-9-4-10(15)6-12(17)5-9/h2-6,8H,7,18H2,1H3. The van der Waals surface area contributed by atoms with Gasteiger partial charge < -0.3 is 5.73 Å². The maximum Gasteiger partial charge on any atom is 0.141 e. The third-order valence-corrected chi connectivity index (χ3v) is 3.26. The SMILES string of the molecule is CC(N)(Cc1cc(F)cc(Br)c1)c1ccc(F)cn1. The average Bonchev–Trinajstić information content (AvgIpc) is 2.27. The molecule has 1 unspecified atom stereocenters. The molecule has 100 valence electrons. The molecule has 0 radical (unpaired) electrons. The number of nitrogens with zero attached hydrogens (tertiary/aromatic N) is 1. The summed E-state index contributed by atoms with van der Waals surface area (Å²) < 4.78 is 26.8. The number of hydrogen-bond donors (Lipinski definition) is 1. The molecule has 1 aromatic heterocycles. The Morgan fingerprint density at radius 1 is 1.21 bits per heavy atom. The molecule has 2 rings (SSSR count). The molecule has 1 aromatic carbocycles. The Balaban J connectivity index is 2.27. The molecule has 0 fully saturated rings. The first-order chi connectivity index (χ1) is 8.87. The fourth-order valence-electron chi connectivity index (χ4n) is 1.94. The predicted octanol–water partition coefficient (Wildman–Crippen LogP) is 3.54. The van der Waals surface area contributed by atoms with Crippen LogP contribution in [0.15, 0.2) is 41.0 Å². The van der Waals surface area contributed by atoms with Crippen molar-refractivity contribution in [2.24, 2.45) is 5.73 Å². The fourth-order valence-corrected chi connectivity index (χ4v) is 2.45. The minimum Gasteiger partial charge on any atom is -0.320 e. The number of halogens is 3. The van der Waals surface area contributed by atoms with E-state index in [4.69, 9.17) is 5.73 Å². The van der Waals surface area contributed by atoms with Crippen LogP contribution in [0.4, 0.5) is 8.78 Å². The molecule has 0 aliphatic rings. The molecule has 0 saturated carbocycles. The van der Waals surface area contributed by atoms with Crippen LogP contribution in [0.5, 0.6) is 0 Å². The van der Waals surface area contributed by atoms with E-state index in [0.717, 1.165) is 11.8 Å². The smallest absolute Gasteiger partial charge is 0.141 e. The third-order valence-electron chi connectivity index (χ3n) is 2.81. The summed E-state index contributed by atoms with van der Waals surface area (Å²) in [5.74, 6) is -0.736. The van der Waals surface area contributed by atoms with E-state index in [0.29, 0.717) is 16.6 Å². The Morgan fingerprint density at radius 3 is 2.53 bits per heavy atom. The number of hydrogen-bond acceptors (Lipinski definition) is 2. The summed E-state index contributed by atoms with van der Waals surface area (Å²) in [5.41, 5.74) is 6.72. The molecule has 0 bridgehead atoms. The first-order valence-electron chi connectivity index (χ1n) is 5.73. The lowest BCUT2D eigenvalue weighted by Gasteiger charge is -2.24. The zero-order chi connectivity index (χ0) is 14.0. The summed E-state index contributed by atoms with van der Waals surface area (Å²) >= 11 is 3.24. The van der Waals surface area contributed by atoms with Gasteiger partial charge >= 0.3 is 0 Å². The van der Waals surface area contributed by atoms with Gasteiger partial charge in [-0.15, -0.1) is 0 Å². The average molecular weight is 327 g/mol. The quantitative estimate of drug-likeness (QED) is 0.936. The van der Waals surface area contributed by atoms with Gasteiger partial charge in [0.1, 0.15) is 11.6 Å². The van der Waals surface area contributed by atoms with Crippen molar-refractivity contribution in [2.75, 3.05) is 0 Å². The van der Waals surface area contributed by atoms with E-state index in [-0.39, 0.29) is 5.82 Å². The number of nitrogens with two attached hydrogens (primary N) is 1. The molecular formula is C14H13BrF2N2. The third kappa shape index (κ3) is 3.58. The van der Waals surface area contributed by atoms with Crippen LogP contribution in [-0.4, -0.2) is 4.98 Å². The van der Waals surface area contributed by atoms with Crippen LogP contribution in [0.3, 0.4) is 0 Å². The molecule has 2 N–H and O–H groups in total. The Bertz CT molecular complexity index is 562. The Labute approximate surface area is 118 Å². The van der Waals surface area contributed by atoms with Crippen molar-refractivity contribution in [3.05, 3.63) is 63.9 Å². The maximum absolute atomic E-state index is 13.3. The van der Waals surface area contributed by atoms with Gasteiger partial charge in [-0.3, -0.25) is 4.98 Å². The van der Waals surface area contributed by atoms with Crippen LogP contribution in [0.25, 0.3) is 0 Å². The van der Waals surface area contributed by atoms with Gasteiger partial charge in [-0.1, -0.05) is 15.9 Å². The van der Waals surface area contributed by atoms with Gasteiger partial charge in [0.05, 0.1) is 17.4 Å². The second-order valence-electron chi connectivity index (χ2n) is 4.73. The molecule has 0 saturated heterocycles. The molecule has 2 nitrogen and oxygen atoms in total. The largest absolute Gasteiger partial charge is 0.320 e. The van der Waals surface area contributed by atoms with E-state index < -0.39 is 11.4 Å². The van der Waals surface area contributed by atoms with Crippen LogP contribution in [0.2, 0.25) is 0 Å². The van der Waals surface area contributed by atoms with Crippen LogP contribution in [0.1, 0.15) is 18.2 Å². The van der Waals surface area contributed by atoms with Gasteiger partial charge in [0.15, 0.2) is 0 Å². The second-order valence-corrected chi connectivity index (χ2v) is 5.65. The lowest BCUT2D eigenvalue weighted by Crippen LogP contribution is -2.36. The van der Waals surface area contributed by atoms with E-state index in [9.17, 15) is 8.78 Å². The highest BCUT2D eigenvalue weighted by Crippen LogP contribution is 2.24. The van der Waals surface area contributed by atoms with Crippen molar-refractivity contribution in [3.63, 3.8) is 0 Å². The van der Waals surface area contributed by atoms with Crippen LogP contribution in [-0.2, 0) is 12.0 Å². The van der Waals surface area contributed by atoms with Gasteiger partial charge in [-0.25, -0.2) is 8.78 Å². The highest BCUT2D eigenvalue weighted by atomic mass is 79.9. The normalized spacial score (nSPS) is 14.2. The van der Waals surface area contributed by atoms with Gasteiger partial charge in [-0.05, 0) is 49.2 Å². The number of pyridine rings is 1. The predicted molar refractivity (Wildman–Crippen MR) is 73.5 cm³/mol. The maximum atomic E-state index is 13.3. The highest BCUT2D eigenvalue weighted by Gasteiger charge is 2.23. The summed E-state index contributed by atoms with van der Waals surface area (Å²) in [6.07, 6.45) is 1.53. The molecule has 0 aliphatic heterocycles. The van der Waals surface area contributed by atoms with E-state index in [1.165, 1.54) is 18.2 Å². The Morgan fingerprint density at radius 2 is 1.95 bits per heavy atom. The Hall–Kier alpha value is -1.33. The van der Waals surface area contributed by atoms with Gasteiger partial charge in [-0.2, -0.15) is 0 Å². The zero-order valence-corrected chi connectivity index (χ0v) is 11.9. The molecule has 1 heterocycles. The number of rotatable bonds is 3. The van der Waals surface area contributed by atoms with Crippen molar-refractivity contribution in [1.29, 1.82) is 0 Å².